The molecule has 4 heteroatoms. The Bertz CT molecular complexity index is 611. The van der Waals surface area contributed by atoms with Gasteiger partial charge in [-0.25, -0.2) is 4.79 Å². The highest BCUT2D eigenvalue weighted by atomic mass is 79.9. The first-order valence-electron chi connectivity index (χ1n) is 5.77. The van der Waals surface area contributed by atoms with Crippen LogP contribution in [-0.2, 0) is 5.75 Å². The number of carbonyl (C=O) groups is 1. The Balaban J connectivity index is 2.17. The zero-order valence-corrected chi connectivity index (χ0v) is 12.8. The number of benzene rings is 2. The molecule has 0 unspecified atom stereocenters. The average molecular weight is 337 g/mol. The zero-order valence-electron chi connectivity index (χ0n) is 10.4. The lowest BCUT2D eigenvalue weighted by molar-refractivity contribution is 0.0693. The highest BCUT2D eigenvalue weighted by Crippen LogP contribution is 2.28. The summed E-state index contributed by atoms with van der Waals surface area (Å²) in [6.45, 7) is 2.05. The lowest BCUT2D eigenvalue weighted by Crippen LogP contribution is -1.99. The fourth-order valence-corrected chi connectivity index (χ4v) is 3.09. The predicted molar refractivity (Wildman–Crippen MR) is 81.8 cm³/mol. The average Bonchev–Trinajstić information content (AvgIpc) is 2.37. The summed E-state index contributed by atoms with van der Waals surface area (Å²) in [5, 5.41) is 9.20. The van der Waals surface area contributed by atoms with E-state index in [2.05, 4.69) is 41.1 Å². The minimum Gasteiger partial charge on any atom is -0.478 e. The van der Waals surface area contributed by atoms with E-state index in [1.165, 1.54) is 11.1 Å². The number of thioether (sulfide) groups is 1. The molecule has 0 radical (unpaired) electrons. The Labute approximate surface area is 125 Å². The predicted octanol–water partition coefficient (Wildman–Crippen LogP) is 4.75. The third kappa shape index (κ3) is 3.85. The van der Waals surface area contributed by atoms with Gasteiger partial charge in [0.1, 0.15) is 0 Å². The van der Waals surface area contributed by atoms with Gasteiger partial charge in [-0.3, -0.25) is 0 Å². The molecule has 0 fully saturated rings. The maximum absolute atomic E-state index is 11.2. The molecule has 0 spiro atoms. The van der Waals surface area contributed by atoms with Crippen LogP contribution in [0.5, 0.6) is 0 Å². The Morgan fingerprint density at radius 1 is 1.26 bits per heavy atom. The van der Waals surface area contributed by atoms with Crippen LogP contribution in [-0.4, -0.2) is 11.1 Å². The lowest BCUT2D eigenvalue weighted by atomic mass is 10.2. The molecular weight excluding hydrogens is 324 g/mol. The molecule has 0 heterocycles. The number of rotatable bonds is 4. The summed E-state index contributed by atoms with van der Waals surface area (Å²) < 4.78 is 0.782. The van der Waals surface area contributed by atoms with Crippen molar-refractivity contribution in [3.63, 3.8) is 0 Å². The highest BCUT2D eigenvalue weighted by molar-refractivity contribution is 9.10. The maximum atomic E-state index is 11.2. The molecule has 0 aliphatic heterocycles. The Hall–Kier alpha value is -1.26. The summed E-state index contributed by atoms with van der Waals surface area (Å²) in [6.07, 6.45) is 0. The van der Waals surface area contributed by atoms with Gasteiger partial charge < -0.3 is 5.11 Å². The molecule has 0 saturated heterocycles. The largest absolute Gasteiger partial charge is 0.478 e. The molecule has 2 nitrogen and oxygen atoms in total. The fraction of sp³-hybridized carbons (Fsp3) is 0.133. The van der Waals surface area contributed by atoms with Gasteiger partial charge in [0.15, 0.2) is 0 Å². The molecule has 2 aromatic rings. The van der Waals surface area contributed by atoms with E-state index in [9.17, 15) is 9.90 Å². The molecule has 19 heavy (non-hydrogen) atoms. The minimum absolute atomic E-state index is 0.340. The van der Waals surface area contributed by atoms with Crippen molar-refractivity contribution in [2.45, 2.75) is 17.6 Å². The smallest absolute Gasteiger partial charge is 0.336 e. The molecular formula is C15H13BrO2S. The summed E-state index contributed by atoms with van der Waals surface area (Å²) in [6, 6.07) is 13.6. The van der Waals surface area contributed by atoms with Crippen molar-refractivity contribution in [2.24, 2.45) is 0 Å². The first-order chi connectivity index (χ1) is 9.06. The quantitative estimate of drug-likeness (QED) is 0.818. The van der Waals surface area contributed by atoms with Crippen LogP contribution < -0.4 is 0 Å². The van der Waals surface area contributed by atoms with Crippen LogP contribution in [0.15, 0.2) is 51.8 Å². The molecule has 98 valence electrons. The van der Waals surface area contributed by atoms with E-state index in [1.54, 1.807) is 17.8 Å². The highest BCUT2D eigenvalue weighted by Gasteiger charge is 2.11. The van der Waals surface area contributed by atoms with E-state index >= 15 is 0 Å². The Morgan fingerprint density at radius 3 is 2.74 bits per heavy atom. The van der Waals surface area contributed by atoms with Gasteiger partial charge in [0, 0.05) is 15.1 Å². The van der Waals surface area contributed by atoms with Gasteiger partial charge in [0.05, 0.1) is 5.56 Å². The molecule has 0 aromatic heterocycles. The summed E-state index contributed by atoms with van der Waals surface area (Å²) in [7, 11) is 0. The lowest BCUT2D eigenvalue weighted by Gasteiger charge is -2.07. The van der Waals surface area contributed by atoms with Crippen molar-refractivity contribution in [3.05, 3.63) is 63.6 Å². The monoisotopic (exact) mass is 336 g/mol. The van der Waals surface area contributed by atoms with E-state index in [-0.39, 0.29) is 0 Å². The molecule has 0 amide bonds. The third-order valence-corrected chi connectivity index (χ3v) is 4.29. The van der Waals surface area contributed by atoms with Crippen molar-refractivity contribution >= 4 is 33.7 Å². The second kappa shape index (κ2) is 6.26. The molecule has 2 rings (SSSR count). The molecule has 0 aliphatic carbocycles. The number of halogens is 1. The standard InChI is InChI=1S/C15H13BrO2S/c1-10-3-2-4-11(7-10)9-19-14-6-5-12(16)8-13(14)15(17)18/h2-8H,9H2,1H3,(H,17,18). The van der Waals surface area contributed by atoms with Crippen LogP contribution in [0.4, 0.5) is 0 Å². The maximum Gasteiger partial charge on any atom is 0.336 e. The van der Waals surface area contributed by atoms with Gasteiger partial charge >= 0.3 is 5.97 Å². The van der Waals surface area contributed by atoms with E-state index in [1.807, 2.05) is 18.2 Å². The van der Waals surface area contributed by atoms with Gasteiger partial charge in [-0.1, -0.05) is 45.8 Å². The normalized spacial score (nSPS) is 10.4. The van der Waals surface area contributed by atoms with E-state index in [0.29, 0.717) is 5.56 Å². The Morgan fingerprint density at radius 2 is 2.05 bits per heavy atom. The molecule has 0 aliphatic rings. The summed E-state index contributed by atoms with van der Waals surface area (Å²) in [5.41, 5.74) is 2.75. The van der Waals surface area contributed by atoms with Crippen molar-refractivity contribution < 1.29 is 9.90 Å². The van der Waals surface area contributed by atoms with Crippen molar-refractivity contribution in [3.8, 4) is 0 Å². The second-order valence-electron chi connectivity index (χ2n) is 4.22. The second-order valence-corrected chi connectivity index (χ2v) is 6.16. The minimum atomic E-state index is -0.895. The fourth-order valence-electron chi connectivity index (χ4n) is 1.76. The number of carboxylic acid groups (broad SMARTS) is 1. The first-order valence-corrected chi connectivity index (χ1v) is 7.55. The van der Waals surface area contributed by atoms with Crippen molar-refractivity contribution in [1.82, 2.24) is 0 Å². The van der Waals surface area contributed by atoms with Gasteiger partial charge in [-0.15, -0.1) is 11.8 Å². The van der Waals surface area contributed by atoms with Crippen LogP contribution in [0, 0.1) is 6.92 Å². The topological polar surface area (TPSA) is 37.3 Å². The summed E-state index contributed by atoms with van der Waals surface area (Å²) >= 11 is 4.84. The van der Waals surface area contributed by atoms with E-state index in [0.717, 1.165) is 15.1 Å². The SMILES string of the molecule is Cc1cccc(CSc2ccc(Br)cc2C(=O)O)c1. The van der Waals surface area contributed by atoms with Crippen molar-refractivity contribution in [2.75, 3.05) is 0 Å². The van der Waals surface area contributed by atoms with Gasteiger partial charge in [0.25, 0.3) is 0 Å². The molecule has 2 aromatic carbocycles. The third-order valence-electron chi connectivity index (χ3n) is 2.65. The number of hydrogen-bond acceptors (Lipinski definition) is 2. The number of carboxylic acids is 1. The van der Waals surface area contributed by atoms with Crippen LogP contribution in [0.3, 0.4) is 0 Å². The van der Waals surface area contributed by atoms with E-state index < -0.39 is 5.97 Å². The van der Waals surface area contributed by atoms with Gasteiger partial charge in [-0.2, -0.15) is 0 Å². The molecule has 0 saturated carbocycles. The molecule has 1 N–H and O–H groups in total. The summed E-state index contributed by atoms with van der Waals surface area (Å²) in [4.78, 5) is 12.0. The number of hydrogen-bond donors (Lipinski definition) is 1. The number of aromatic carboxylic acids is 1. The zero-order chi connectivity index (χ0) is 13.8. The van der Waals surface area contributed by atoms with Crippen LogP contribution in [0.1, 0.15) is 21.5 Å². The molecule has 0 bridgehead atoms. The van der Waals surface area contributed by atoms with Crippen molar-refractivity contribution in [1.29, 1.82) is 0 Å². The van der Waals surface area contributed by atoms with Gasteiger partial charge in [0.2, 0.25) is 0 Å². The van der Waals surface area contributed by atoms with Crippen LogP contribution in [0.25, 0.3) is 0 Å². The number of aryl methyl sites for hydroxylation is 1. The van der Waals surface area contributed by atoms with Crippen LogP contribution in [0.2, 0.25) is 0 Å². The molecule has 0 atom stereocenters. The van der Waals surface area contributed by atoms with Gasteiger partial charge in [-0.05, 0) is 30.7 Å². The first kappa shape index (κ1) is 14.2. The summed E-state index contributed by atoms with van der Waals surface area (Å²) in [5.74, 6) is -0.128. The van der Waals surface area contributed by atoms with Crippen LogP contribution >= 0.6 is 27.7 Å². The van der Waals surface area contributed by atoms with E-state index in [4.69, 9.17) is 0 Å². The Kier molecular flexibility index (Phi) is 4.66.